The molecule has 4 aliphatic rings. The van der Waals surface area contributed by atoms with Gasteiger partial charge in [0.2, 0.25) is 0 Å². The van der Waals surface area contributed by atoms with E-state index in [2.05, 4.69) is 9.88 Å². The van der Waals surface area contributed by atoms with Crippen molar-refractivity contribution in [3.63, 3.8) is 0 Å². The van der Waals surface area contributed by atoms with Crippen LogP contribution in [-0.4, -0.2) is 35.6 Å². The van der Waals surface area contributed by atoms with E-state index < -0.39 is 0 Å². The van der Waals surface area contributed by atoms with Gasteiger partial charge in [-0.3, -0.25) is 0 Å². The lowest BCUT2D eigenvalue weighted by molar-refractivity contribution is -0.0985. The van der Waals surface area contributed by atoms with Gasteiger partial charge in [-0.25, -0.2) is 4.98 Å². The molecule has 1 saturated carbocycles. The number of ether oxygens (including phenoxy) is 1. The number of pyridine rings is 1. The molecule has 1 aromatic rings. The van der Waals surface area contributed by atoms with Crippen molar-refractivity contribution in [2.75, 3.05) is 25.4 Å². The molecule has 96 valence electrons. The number of nitrogens with two attached hydrogens (primary N) is 1. The quantitative estimate of drug-likeness (QED) is 0.855. The molecule has 5 rings (SSSR count). The zero-order valence-electron chi connectivity index (χ0n) is 10.5. The molecule has 2 atom stereocenters. The van der Waals surface area contributed by atoms with Gasteiger partial charge in [0.25, 0.3) is 0 Å². The Hall–Kier alpha value is -1.29. The summed E-state index contributed by atoms with van der Waals surface area (Å²) in [4.78, 5) is 6.72. The fraction of sp³-hybridized carbons (Fsp3) is 0.643. The van der Waals surface area contributed by atoms with Crippen molar-refractivity contribution < 1.29 is 4.74 Å². The largest absolute Gasteiger partial charge is 0.488 e. The predicted octanol–water partition coefficient (Wildman–Crippen LogP) is 1.38. The number of rotatable bonds is 2. The molecular formula is C14H19N3O. The lowest BCUT2D eigenvalue weighted by Gasteiger charge is -2.55. The Bertz CT molecular complexity index is 417. The molecule has 4 heteroatoms. The first-order valence-corrected chi connectivity index (χ1v) is 6.88. The van der Waals surface area contributed by atoms with Gasteiger partial charge in [0, 0.05) is 31.5 Å². The second kappa shape index (κ2) is 3.85. The molecule has 0 radical (unpaired) electrons. The van der Waals surface area contributed by atoms with Crippen LogP contribution in [0.4, 0.5) is 5.82 Å². The SMILES string of the molecule is Nc1ccc(OC2[C@H]3CC4C[C@H]2CN(C4)C3)cn1. The van der Waals surface area contributed by atoms with Crippen molar-refractivity contribution in [1.82, 2.24) is 9.88 Å². The zero-order chi connectivity index (χ0) is 12.1. The molecule has 0 amide bonds. The van der Waals surface area contributed by atoms with Gasteiger partial charge in [-0.2, -0.15) is 0 Å². The molecule has 4 bridgehead atoms. The van der Waals surface area contributed by atoms with Crippen molar-refractivity contribution in [3.8, 4) is 5.75 Å². The normalized spacial score (nSPS) is 41.0. The molecule has 4 nitrogen and oxygen atoms in total. The molecule has 3 aliphatic heterocycles. The van der Waals surface area contributed by atoms with Crippen LogP contribution in [-0.2, 0) is 0 Å². The fourth-order valence-electron chi connectivity index (χ4n) is 4.17. The van der Waals surface area contributed by atoms with Crippen LogP contribution in [0, 0.1) is 17.8 Å². The van der Waals surface area contributed by atoms with Crippen LogP contribution >= 0.6 is 0 Å². The summed E-state index contributed by atoms with van der Waals surface area (Å²) in [7, 11) is 0. The summed E-state index contributed by atoms with van der Waals surface area (Å²) in [5, 5.41) is 0. The van der Waals surface area contributed by atoms with Crippen molar-refractivity contribution >= 4 is 5.82 Å². The third-order valence-corrected chi connectivity index (χ3v) is 4.73. The van der Waals surface area contributed by atoms with Gasteiger partial charge in [0.1, 0.15) is 17.7 Å². The van der Waals surface area contributed by atoms with Gasteiger partial charge in [-0.15, -0.1) is 0 Å². The van der Waals surface area contributed by atoms with E-state index in [9.17, 15) is 0 Å². The Labute approximate surface area is 107 Å². The Morgan fingerprint density at radius 2 is 1.94 bits per heavy atom. The number of hydrogen-bond acceptors (Lipinski definition) is 4. The summed E-state index contributed by atoms with van der Waals surface area (Å²) < 4.78 is 6.20. The molecule has 3 saturated heterocycles. The lowest BCUT2D eigenvalue weighted by Crippen LogP contribution is -2.61. The van der Waals surface area contributed by atoms with E-state index in [1.165, 1.54) is 32.5 Å². The third kappa shape index (κ3) is 1.67. The van der Waals surface area contributed by atoms with Crippen LogP contribution < -0.4 is 10.5 Å². The molecule has 1 aliphatic carbocycles. The van der Waals surface area contributed by atoms with Gasteiger partial charge < -0.3 is 15.4 Å². The minimum Gasteiger partial charge on any atom is -0.488 e. The second-order valence-electron chi connectivity index (χ2n) is 6.08. The van der Waals surface area contributed by atoms with Gasteiger partial charge in [0.15, 0.2) is 0 Å². The maximum atomic E-state index is 6.20. The lowest BCUT2D eigenvalue weighted by atomic mass is 9.66. The van der Waals surface area contributed by atoms with E-state index >= 15 is 0 Å². The molecule has 0 spiro atoms. The molecule has 1 aromatic heterocycles. The molecule has 2 N–H and O–H groups in total. The van der Waals surface area contributed by atoms with Crippen LogP contribution in [0.1, 0.15) is 12.8 Å². The average molecular weight is 245 g/mol. The van der Waals surface area contributed by atoms with E-state index in [0.29, 0.717) is 23.8 Å². The Balaban J connectivity index is 1.53. The van der Waals surface area contributed by atoms with Crippen molar-refractivity contribution in [3.05, 3.63) is 18.3 Å². The summed E-state index contributed by atoms with van der Waals surface area (Å²) in [5.41, 5.74) is 5.60. The zero-order valence-corrected chi connectivity index (χ0v) is 10.5. The summed E-state index contributed by atoms with van der Waals surface area (Å²) >= 11 is 0. The number of piperidine rings is 3. The highest BCUT2D eigenvalue weighted by atomic mass is 16.5. The van der Waals surface area contributed by atoms with Gasteiger partial charge in [-0.05, 0) is 30.9 Å². The first-order valence-electron chi connectivity index (χ1n) is 6.88. The highest BCUT2D eigenvalue weighted by molar-refractivity contribution is 5.32. The summed E-state index contributed by atoms with van der Waals surface area (Å²) in [5.74, 6) is 3.78. The van der Waals surface area contributed by atoms with Crippen molar-refractivity contribution in [2.24, 2.45) is 17.8 Å². The minimum atomic E-state index is 0.392. The van der Waals surface area contributed by atoms with Crippen LogP contribution in [0.2, 0.25) is 0 Å². The number of aromatic nitrogens is 1. The topological polar surface area (TPSA) is 51.4 Å². The number of anilines is 1. The minimum absolute atomic E-state index is 0.392. The highest BCUT2D eigenvalue weighted by Crippen LogP contribution is 2.44. The maximum Gasteiger partial charge on any atom is 0.138 e. The summed E-state index contributed by atoms with van der Waals surface area (Å²) in [6.07, 6.45) is 4.84. The highest BCUT2D eigenvalue weighted by Gasteiger charge is 2.48. The average Bonchev–Trinajstić information content (AvgIpc) is 2.35. The van der Waals surface area contributed by atoms with E-state index in [1.807, 2.05) is 12.1 Å². The van der Waals surface area contributed by atoms with E-state index in [-0.39, 0.29) is 0 Å². The van der Waals surface area contributed by atoms with Gasteiger partial charge in [0.05, 0.1) is 6.20 Å². The van der Waals surface area contributed by atoms with Crippen LogP contribution in [0.3, 0.4) is 0 Å². The van der Waals surface area contributed by atoms with Crippen LogP contribution in [0.15, 0.2) is 18.3 Å². The van der Waals surface area contributed by atoms with Gasteiger partial charge in [-0.1, -0.05) is 0 Å². The van der Waals surface area contributed by atoms with E-state index in [1.54, 1.807) is 6.20 Å². The molecule has 0 aromatic carbocycles. The maximum absolute atomic E-state index is 6.20. The van der Waals surface area contributed by atoms with E-state index in [0.717, 1.165) is 11.7 Å². The second-order valence-corrected chi connectivity index (χ2v) is 6.08. The molecule has 4 heterocycles. The van der Waals surface area contributed by atoms with Crippen molar-refractivity contribution in [1.29, 1.82) is 0 Å². The van der Waals surface area contributed by atoms with Crippen molar-refractivity contribution in [2.45, 2.75) is 18.9 Å². The predicted molar refractivity (Wildman–Crippen MR) is 69.2 cm³/mol. The van der Waals surface area contributed by atoms with E-state index in [4.69, 9.17) is 10.5 Å². The van der Waals surface area contributed by atoms with Gasteiger partial charge >= 0.3 is 0 Å². The third-order valence-electron chi connectivity index (χ3n) is 4.73. The number of hydrogen-bond donors (Lipinski definition) is 1. The summed E-state index contributed by atoms with van der Waals surface area (Å²) in [6, 6.07) is 3.75. The Kier molecular flexibility index (Phi) is 2.27. The molecule has 18 heavy (non-hydrogen) atoms. The van der Waals surface area contributed by atoms with Crippen LogP contribution in [0.5, 0.6) is 5.75 Å². The van der Waals surface area contributed by atoms with Crippen LogP contribution in [0.25, 0.3) is 0 Å². The number of nitrogens with zero attached hydrogens (tertiary/aromatic N) is 2. The molecule has 4 fully saturated rings. The monoisotopic (exact) mass is 245 g/mol. The first-order chi connectivity index (χ1) is 8.78. The Morgan fingerprint density at radius 3 is 2.56 bits per heavy atom. The number of nitrogen functional groups attached to an aromatic ring is 1. The molecule has 0 unspecified atom stereocenters. The fourth-order valence-corrected chi connectivity index (χ4v) is 4.17. The standard InChI is InChI=1S/C14H19N3O/c15-13-2-1-12(5-16-13)18-14-10-3-9-4-11(14)8-17(6-9)7-10/h1-2,5,9-11,14H,3-4,6-8H2,(H2,15,16)/t9?,10-,11-,14?/m0/s1. The first kappa shape index (κ1) is 10.6. The summed E-state index contributed by atoms with van der Waals surface area (Å²) in [6.45, 7) is 3.77. The Morgan fingerprint density at radius 1 is 1.17 bits per heavy atom. The molecular weight excluding hydrogens is 226 g/mol. The smallest absolute Gasteiger partial charge is 0.138 e.